The van der Waals surface area contributed by atoms with Crippen LogP contribution in [0.1, 0.15) is 0 Å². The van der Waals surface area contributed by atoms with E-state index in [2.05, 4.69) is 264 Å². The van der Waals surface area contributed by atoms with E-state index in [-0.39, 0.29) is 0 Å². The molecule has 0 bridgehead atoms. The fourth-order valence-corrected chi connectivity index (χ4v) is 9.81. The molecule has 12 rings (SSSR count). The van der Waals surface area contributed by atoms with Gasteiger partial charge in [-0.25, -0.2) is 0 Å². The fourth-order valence-electron chi connectivity index (χ4n) is 9.81. The number of aromatic nitrogens is 1. The van der Waals surface area contributed by atoms with Gasteiger partial charge in [0.2, 0.25) is 0 Å². The van der Waals surface area contributed by atoms with Gasteiger partial charge >= 0.3 is 0 Å². The maximum Gasteiger partial charge on any atom is 0.0619 e. The van der Waals surface area contributed by atoms with Crippen LogP contribution in [0.15, 0.2) is 255 Å². The molecule has 300 valence electrons. The Hall–Kier alpha value is -8.46. The number of para-hydroxylation sites is 2. The summed E-state index contributed by atoms with van der Waals surface area (Å²) in [6.45, 7) is 0. The average Bonchev–Trinajstić information content (AvgIpc) is 3.73. The molecule has 12 aromatic rings. The van der Waals surface area contributed by atoms with Crippen molar-refractivity contribution in [2.75, 3.05) is 4.90 Å². The van der Waals surface area contributed by atoms with E-state index in [0.29, 0.717) is 0 Å². The monoisotopic (exact) mass is 814 g/mol. The summed E-state index contributed by atoms with van der Waals surface area (Å²) in [5.74, 6) is 0. The van der Waals surface area contributed by atoms with E-state index in [1.807, 2.05) is 0 Å². The molecule has 0 spiro atoms. The molecule has 0 unspecified atom stereocenters. The van der Waals surface area contributed by atoms with Gasteiger partial charge in [0.1, 0.15) is 0 Å². The zero-order valence-electron chi connectivity index (χ0n) is 35.1. The number of nitrogens with zero attached hydrogens (tertiary/aromatic N) is 2. The van der Waals surface area contributed by atoms with Gasteiger partial charge < -0.3 is 9.47 Å². The van der Waals surface area contributed by atoms with Crippen LogP contribution >= 0.6 is 0 Å². The minimum Gasteiger partial charge on any atom is -0.310 e. The summed E-state index contributed by atoms with van der Waals surface area (Å²) in [6.07, 6.45) is 0. The summed E-state index contributed by atoms with van der Waals surface area (Å²) in [4.78, 5) is 2.42. The molecule has 0 saturated carbocycles. The fraction of sp³-hybridized carbons (Fsp3) is 0. The second kappa shape index (κ2) is 15.8. The molecule has 0 fully saturated rings. The topological polar surface area (TPSA) is 8.17 Å². The second-order valence-electron chi connectivity index (χ2n) is 16.5. The summed E-state index contributed by atoms with van der Waals surface area (Å²) in [6, 6.07) is 92.6. The molecule has 2 nitrogen and oxygen atoms in total. The molecule has 1 aromatic heterocycles. The van der Waals surface area contributed by atoms with Gasteiger partial charge in [-0.3, -0.25) is 0 Å². The zero-order valence-corrected chi connectivity index (χ0v) is 35.1. The molecule has 0 atom stereocenters. The lowest BCUT2D eigenvalue weighted by Crippen LogP contribution is -2.11. The van der Waals surface area contributed by atoms with Crippen molar-refractivity contribution < 1.29 is 0 Å². The standard InChI is InChI=1S/C62H42N2/c1-3-16-46(17-4-1)55-26-11-12-30-59(55)63(51-39-36-44(37-40-51)43-32-34-48(35-33-43)54-28-14-20-45-18-7-9-25-53(45)54)52-24-13-21-49(42-52)56-29-15-31-60-61(56)58-41-38-47-19-8-10-27-57(47)62(58)64(60)50-22-5-2-6-23-50/h1-42H. The predicted octanol–water partition coefficient (Wildman–Crippen LogP) is 17.2. The summed E-state index contributed by atoms with van der Waals surface area (Å²) >= 11 is 0. The van der Waals surface area contributed by atoms with Crippen LogP contribution in [0.2, 0.25) is 0 Å². The van der Waals surface area contributed by atoms with Gasteiger partial charge in [-0.1, -0.05) is 206 Å². The molecule has 0 aliphatic rings. The maximum atomic E-state index is 2.45. The molecule has 0 saturated heterocycles. The molecule has 0 amide bonds. The lowest BCUT2D eigenvalue weighted by molar-refractivity contribution is 1.19. The van der Waals surface area contributed by atoms with E-state index < -0.39 is 0 Å². The molecule has 0 radical (unpaired) electrons. The van der Waals surface area contributed by atoms with Crippen LogP contribution in [0.3, 0.4) is 0 Å². The smallest absolute Gasteiger partial charge is 0.0619 e. The number of anilines is 3. The number of fused-ring (bicyclic) bond motifs is 6. The van der Waals surface area contributed by atoms with Crippen molar-refractivity contribution in [1.82, 2.24) is 4.57 Å². The third kappa shape index (κ3) is 6.44. The highest BCUT2D eigenvalue weighted by atomic mass is 15.1. The van der Waals surface area contributed by atoms with E-state index in [9.17, 15) is 0 Å². The van der Waals surface area contributed by atoms with Gasteiger partial charge in [-0.2, -0.15) is 0 Å². The van der Waals surface area contributed by atoms with Crippen molar-refractivity contribution >= 4 is 60.4 Å². The van der Waals surface area contributed by atoms with Crippen molar-refractivity contribution in [3.8, 4) is 50.2 Å². The van der Waals surface area contributed by atoms with Crippen LogP contribution in [-0.2, 0) is 0 Å². The first-order chi connectivity index (χ1) is 31.8. The molecule has 2 heteroatoms. The van der Waals surface area contributed by atoms with E-state index in [0.717, 1.165) is 28.3 Å². The first-order valence-corrected chi connectivity index (χ1v) is 22.0. The summed E-state index contributed by atoms with van der Waals surface area (Å²) in [5, 5.41) is 7.49. The normalized spacial score (nSPS) is 11.4. The van der Waals surface area contributed by atoms with Crippen LogP contribution < -0.4 is 4.90 Å². The molecule has 0 aliphatic carbocycles. The van der Waals surface area contributed by atoms with Gasteiger partial charge in [0.15, 0.2) is 0 Å². The second-order valence-corrected chi connectivity index (χ2v) is 16.5. The summed E-state index contributed by atoms with van der Waals surface area (Å²) in [5.41, 5.74) is 16.4. The lowest BCUT2D eigenvalue weighted by Gasteiger charge is -2.28. The van der Waals surface area contributed by atoms with Gasteiger partial charge in [-0.15, -0.1) is 0 Å². The first kappa shape index (κ1) is 37.3. The Labute approximate surface area is 373 Å². The van der Waals surface area contributed by atoms with Crippen molar-refractivity contribution in [2.45, 2.75) is 0 Å². The number of benzene rings is 11. The average molecular weight is 815 g/mol. The Balaban J connectivity index is 0.995. The maximum absolute atomic E-state index is 2.45. The molecule has 0 N–H and O–H groups in total. The number of hydrogen-bond acceptors (Lipinski definition) is 1. The van der Waals surface area contributed by atoms with Crippen LogP contribution in [0.5, 0.6) is 0 Å². The highest BCUT2D eigenvalue weighted by Gasteiger charge is 2.21. The molecule has 1 heterocycles. The minimum absolute atomic E-state index is 1.09. The molecular formula is C62H42N2. The Morgan fingerprint density at radius 3 is 1.64 bits per heavy atom. The van der Waals surface area contributed by atoms with Crippen LogP contribution in [-0.4, -0.2) is 4.57 Å². The molecule has 64 heavy (non-hydrogen) atoms. The third-order valence-electron chi connectivity index (χ3n) is 12.8. The predicted molar refractivity (Wildman–Crippen MR) is 272 cm³/mol. The third-order valence-corrected chi connectivity index (χ3v) is 12.8. The summed E-state index contributed by atoms with van der Waals surface area (Å²) < 4.78 is 2.45. The van der Waals surface area contributed by atoms with Gasteiger partial charge in [0.05, 0.1) is 16.7 Å². The van der Waals surface area contributed by atoms with E-state index >= 15 is 0 Å². The van der Waals surface area contributed by atoms with Crippen molar-refractivity contribution in [3.63, 3.8) is 0 Å². The van der Waals surface area contributed by atoms with Crippen LogP contribution in [0, 0.1) is 0 Å². The first-order valence-electron chi connectivity index (χ1n) is 22.0. The van der Waals surface area contributed by atoms with Crippen LogP contribution in [0.4, 0.5) is 17.1 Å². The Morgan fingerprint density at radius 2 is 0.844 bits per heavy atom. The van der Waals surface area contributed by atoms with E-state index in [1.54, 1.807) is 0 Å². The van der Waals surface area contributed by atoms with Gasteiger partial charge in [-0.05, 0) is 104 Å². The molecule has 11 aromatic carbocycles. The van der Waals surface area contributed by atoms with Crippen molar-refractivity contribution in [2.24, 2.45) is 0 Å². The van der Waals surface area contributed by atoms with E-state index in [4.69, 9.17) is 0 Å². The Kier molecular flexibility index (Phi) is 9.20. The summed E-state index contributed by atoms with van der Waals surface area (Å²) in [7, 11) is 0. The highest BCUT2D eigenvalue weighted by molar-refractivity contribution is 6.22. The van der Waals surface area contributed by atoms with Crippen LogP contribution in [0.25, 0.3) is 93.5 Å². The minimum atomic E-state index is 1.09. The zero-order chi connectivity index (χ0) is 42.4. The van der Waals surface area contributed by atoms with Gasteiger partial charge in [0.25, 0.3) is 0 Å². The van der Waals surface area contributed by atoms with Gasteiger partial charge in [0, 0.05) is 38.8 Å². The lowest BCUT2D eigenvalue weighted by atomic mass is 9.96. The number of rotatable bonds is 8. The molecule has 0 aliphatic heterocycles. The largest absolute Gasteiger partial charge is 0.310 e. The quantitative estimate of drug-likeness (QED) is 0.148. The molecular weight excluding hydrogens is 773 g/mol. The van der Waals surface area contributed by atoms with E-state index in [1.165, 1.54) is 82.3 Å². The Bertz CT molecular complexity index is 3640. The SMILES string of the molecule is c1ccc(-c2ccccc2N(c2ccc(-c3ccc(-c4cccc5ccccc45)cc3)cc2)c2cccc(-c3cccc4c3c3ccc5ccccc5c3n4-c3ccccc3)c2)cc1. The number of hydrogen-bond donors (Lipinski definition) is 0. The Morgan fingerprint density at radius 1 is 0.297 bits per heavy atom. The van der Waals surface area contributed by atoms with Crippen molar-refractivity contribution in [3.05, 3.63) is 255 Å². The van der Waals surface area contributed by atoms with Crippen molar-refractivity contribution in [1.29, 1.82) is 0 Å². The highest BCUT2D eigenvalue weighted by Crippen LogP contribution is 2.45.